The second-order valence-corrected chi connectivity index (χ2v) is 6.58. The highest BCUT2D eigenvalue weighted by molar-refractivity contribution is 9.10. The number of nitrogens with two attached hydrogens (primary N) is 1. The fourth-order valence-corrected chi connectivity index (χ4v) is 3.45. The molecule has 5 nitrogen and oxygen atoms in total. The van der Waals surface area contributed by atoms with Crippen LogP contribution in [0, 0.1) is 0 Å². The first kappa shape index (κ1) is 15.4. The molecular formula is C11H17BrN2O3S. The first-order valence-corrected chi connectivity index (χ1v) is 7.72. The van der Waals surface area contributed by atoms with Gasteiger partial charge in [-0.05, 0) is 41.1 Å². The first-order chi connectivity index (χ1) is 8.39. The van der Waals surface area contributed by atoms with Crippen LogP contribution in [0.4, 0.5) is 5.69 Å². The summed E-state index contributed by atoms with van der Waals surface area (Å²) < 4.78 is 31.5. The SMILES string of the molecule is CCOCCN(C)S(=O)(=O)c1cc(N)ccc1Br. The Bertz CT molecular complexity index is 505. The molecule has 0 saturated carbocycles. The molecule has 0 unspecified atom stereocenters. The number of sulfonamides is 1. The van der Waals surface area contributed by atoms with Crippen LogP contribution >= 0.6 is 15.9 Å². The molecule has 0 atom stereocenters. The smallest absolute Gasteiger partial charge is 0.244 e. The molecule has 0 aliphatic rings. The van der Waals surface area contributed by atoms with Crippen LogP contribution in [-0.4, -0.2) is 39.5 Å². The maximum absolute atomic E-state index is 12.3. The van der Waals surface area contributed by atoms with Gasteiger partial charge in [0.15, 0.2) is 0 Å². The van der Waals surface area contributed by atoms with Gasteiger partial charge in [0, 0.05) is 30.4 Å². The number of nitrogen functional groups attached to an aromatic ring is 1. The van der Waals surface area contributed by atoms with E-state index in [0.29, 0.717) is 29.9 Å². The number of rotatable bonds is 6. The Morgan fingerprint density at radius 2 is 2.11 bits per heavy atom. The average molecular weight is 337 g/mol. The number of nitrogens with zero attached hydrogens (tertiary/aromatic N) is 1. The molecule has 7 heteroatoms. The highest BCUT2D eigenvalue weighted by Gasteiger charge is 2.23. The number of halogens is 1. The normalized spacial score (nSPS) is 12.0. The molecule has 0 spiro atoms. The van der Waals surface area contributed by atoms with Gasteiger partial charge in [-0.1, -0.05) is 0 Å². The van der Waals surface area contributed by atoms with Gasteiger partial charge in [-0.3, -0.25) is 0 Å². The van der Waals surface area contributed by atoms with Crippen LogP contribution in [0.25, 0.3) is 0 Å². The molecule has 0 bridgehead atoms. The second-order valence-electron chi connectivity index (χ2n) is 3.71. The summed E-state index contributed by atoms with van der Waals surface area (Å²) in [6, 6.07) is 4.71. The Balaban J connectivity index is 2.95. The van der Waals surface area contributed by atoms with Crippen molar-refractivity contribution in [3.63, 3.8) is 0 Å². The fourth-order valence-electron chi connectivity index (χ4n) is 1.34. The molecule has 0 aromatic heterocycles. The summed E-state index contributed by atoms with van der Waals surface area (Å²) in [5.74, 6) is 0. The standard InChI is InChI=1S/C11H17BrN2O3S/c1-3-17-7-6-14(2)18(15,16)11-8-9(13)4-5-10(11)12/h4-5,8H,3,6-7,13H2,1-2H3. The summed E-state index contributed by atoms with van der Waals surface area (Å²) in [5.41, 5.74) is 6.03. The lowest BCUT2D eigenvalue weighted by atomic mass is 10.3. The van der Waals surface area contributed by atoms with Gasteiger partial charge in [0.05, 0.1) is 11.5 Å². The minimum absolute atomic E-state index is 0.168. The predicted molar refractivity (Wildman–Crippen MR) is 74.9 cm³/mol. The number of anilines is 1. The number of benzene rings is 1. The van der Waals surface area contributed by atoms with Crippen LogP contribution in [-0.2, 0) is 14.8 Å². The zero-order valence-corrected chi connectivity index (χ0v) is 12.8. The van der Waals surface area contributed by atoms with Gasteiger partial charge in [0.2, 0.25) is 10.0 Å². The molecule has 1 rings (SSSR count). The molecule has 1 aromatic rings. The van der Waals surface area contributed by atoms with Crippen molar-refractivity contribution >= 4 is 31.6 Å². The van der Waals surface area contributed by atoms with Crippen molar-refractivity contribution in [1.29, 1.82) is 0 Å². The van der Waals surface area contributed by atoms with Gasteiger partial charge in [0.1, 0.15) is 0 Å². The van der Waals surface area contributed by atoms with Crippen LogP contribution < -0.4 is 5.73 Å². The Labute approximate surface area is 116 Å². The molecule has 0 heterocycles. The second kappa shape index (κ2) is 6.51. The van der Waals surface area contributed by atoms with Crippen molar-refractivity contribution in [2.75, 3.05) is 32.5 Å². The third kappa shape index (κ3) is 3.68. The molecule has 0 amide bonds. The largest absolute Gasteiger partial charge is 0.399 e. The van der Waals surface area contributed by atoms with Gasteiger partial charge >= 0.3 is 0 Å². The highest BCUT2D eigenvalue weighted by Crippen LogP contribution is 2.26. The van der Waals surface area contributed by atoms with E-state index in [9.17, 15) is 8.42 Å². The predicted octanol–water partition coefficient (Wildman–Crippen LogP) is 1.69. The number of hydrogen-bond donors (Lipinski definition) is 1. The van der Waals surface area contributed by atoms with E-state index in [-0.39, 0.29) is 4.90 Å². The summed E-state index contributed by atoms with van der Waals surface area (Å²) >= 11 is 3.22. The van der Waals surface area contributed by atoms with Crippen molar-refractivity contribution < 1.29 is 13.2 Å². The van der Waals surface area contributed by atoms with Gasteiger partial charge in [0.25, 0.3) is 0 Å². The lowest BCUT2D eigenvalue weighted by molar-refractivity contribution is 0.138. The maximum Gasteiger partial charge on any atom is 0.244 e. The van der Waals surface area contributed by atoms with Crippen molar-refractivity contribution in [3.05, 3.63) is 22.7 Å². The topological polar surface area (TPSA) is 72.6 Å². The summed E-state index contributed by atoms with van der Waals surface area (Å²) in [7, 11) is -2.03. The third-order valence-electron chi connectivity index (χ3n) is 2.40. The first-order valence-electron chi connectivity index (χ1n) is 5.48. The van der Waals surface area contributed by atoms with Crippen LogP contribution in [0.1, 0.15) is 6.92 Å². The van der Waals surface area contributed by atoms with E-state index in [1.807, 2.05) is 6.92 Å². The Morgan fingerprint density at radius 3 is 2.72 bits per heavy atom. The zero-order valence-electron chi connectivity index (χ0n) is 10.4. The molecule has 102 valence electrons. The van der Waals surface area contributed by atoms with E-state index in [0.717, 1.165) is 0 Å². The minimum Gasteiger partial charge on any atom is -0.399 e. The zero-order chi connectivity index (χ0) is 13.8. The van der Waals surface area contributed by atoms with Crippen molar-refractivity contribution in [3.8, 4) is 0 Å². The Hall–Kier alpha value is -0.630. The van der Waals surface area contributed by atoms with Gasteiger partial charge in [-0.2, -0.15) is 4.31 Å². The molecule has 0 saturated heterocycles. The number of ether oxygens (including phenoxy) is 1. The van der Waals surface area contributed by atoms with Crippen LogP contribution in [0.15, 0.2) is 27.6 Å². The molecule has 0 aliphatic carbocycles. The number of likely N-dealkylation sites (N-methyl/N-ethyl adjacent to an activating group) is 1. The fraction of sp³-hybridized carbons (Fsp3) is 0.455. The quantitative estimate of drug-likeness (QED) is 0.633. The van der Waals surface area contributed by atoms with Crippen molar-refractivity contribution in [1.82, 2.24) is 4.31 Å². The lowest BCUT2D eigenvalue weighted by Gasteiger charge is -2.18. The van der Waals surface area contributed by atoms with E-state index >= 15 is 0 Å². The summed E-state index contributed by atoms with van der Waals surface area (Å²) in [6.07, 6.45) is 0. The molecule has 2 N–H and O–H groups in total. The summed E-state index contributed by atoms with van der Waals surface area (Å²) in [4.78, 5) is 0.168. The Morgan fingerprint density at radius 1 is 1.44 bits per heavy atom. The van der Waals surface area contributed by atoms with Gasteiger partial charge < -0.3 is 10.5 Å². The van der Waals surface area contributed by atoms with E-state index < -0.39 is 10.0 Å². The Kier molecular flexibility index (Phi) is 5.58. The third-order valence-corrected chi connectivity index (χ3v) is 5.25. The molecule has 0 fully saturated rings. The molecule has 18 heavy (non-hydrogen) atoms. The van der Waals surface area contributed by atoms with E-state index in [2.05, 4.69) is 15.9 Å². The monoisotopic (exact) mass is 336 g/mol. The molecule has 1 aromatic carbocycles. The average Bonchev–Trinajstić information content (AvgIpc) is 2.32. The summed E-state index contributed by atoms with van der Waals surface area (Å²) in [6.45, 7) is 3.10. The summed E-state index contributed by atoms with van der Waals surface area (Å²) in [5, 5.41) is 0. The maximum atomic E-state index is 12.3. The van der Waals surface area contributed by atoms with Crippen LogP contribution in [0.5, 0.6) is 0 Å². The van der Waals surface area contributed by atoms with E-state index in [1.54, 1.807) is 12.1 Å². The molecule has 0 radical (unpaired) electrons. The molecular weight excluding hydrogens is 320 g/mol. The van der Waals surface area contributed by atoms with Gasteiger partial charge in [-0.25, -0.2) is 8.42 Å². The minimum atomic E-state index is -3.55. The van der Waals surface area contributed by atoms with Crippen LogP contribution in [0.2, 0.25) is 0 Å². The van der Waals surface area contributed by atoms with Crippen molar-refractivity contribution in [2.24, 2.45) is 0 Å². The number of hydrogen-bond acceptors (Lipinski definition) is 4. The lowest BCUT2D eigenvalue weighted by Crippen LogP contribution is -2.30. The van der Waals surface area contributed by atoms with Crippen molar-refractivity contribution in [2.45, 2.75) is 11.8 Å². The van der Waals surface area contributed by atoms with E-state index in [4.69, 9.17) is 10.5 Å². The van der Waals surface area contributed by atoms with Crippen LogP contribution in [0.3, 0.4) is 0 Å². The highest BCUT2D eigenvalue weighted by atomic mass is 79.9. The molecule has 0 aliphatic heterocycles. The van der Waals surface area contributed by atoms with Gasteiger partial charge in [-0.15, -0.1) is 0 Å². The van der Waals surface area contributed by atoms with E-state index in [1.165, 1.54) is 17.4 Å².